The number of nitrogens with two attached hydrogens (primary N) is 1. The smallest absolute Gasteiger partial charge is 0.408 e. The van der Waals surface area contributed by atoms with Crippen molar-refractivity contribution in [3.8, 4) is 6.07 Å². The lowest BCUT2D eigenvalue weighted by molar-refractivity contribution is -0.142. The predicted octanol–water partition coefficient (Wildman–Crippen LogP) is 2.78. The lowest BCUT2D eigenvalue weighted by Crippen LogP contribution is -2.54. The maximum atomic E-state index is 13.8. The van der Waals surface area contributed by atoms with Gasteiger partial charge in [0.25, 0.3) is 0 Å². The third-order valence-corrected chi connectivity index (χ3v) is 5.60. The van der Waals surface area contributed by atoms with E-state index in [0.717, 1.165) is 21.6 Å². The van der Waals surface area contributed by atoms with E-state index in [-0.39, 0.29) is 6.54 Å². The fourth-order valence-electron chi connectivity index (χ4n) is 3.99. The van der Waals surface area contributed by atoms with Crippen molar-refractivity contribution in [2.24, 2.45) is 5.73 Å². The molecule has 0 saturated heterocycles. The Balaban J connectivity index is 2.51. The number of aryl methyl sites for hydroxylation is 2. The van der Waals surface area contributed by atoms with Gasteiger partial charge in [-0.25, -0.2) is 4.79 Å². The van der Waals surface area contributed by atoms with Gasteiger partial charge in [0.05, 0.1) is 12.5 Å². The Hall–Kier alpha value is -4.39. The first-order chi connectivity index (χ1) is 17.8. The largest absolute Gasteiger partial charge is 0.444 e. The van der Waals surface area contributed by atoms with Crippen molar-refractivity contribution >= 4 is 23.8 Å². The molecule has 202 valence electrons. The summed E-state index contributed by atoms with van der Waals surface area (Å²) >= 11 is 0. The Morgan fingerprint density at radius 2 is 1.63 bits per heavy atom. The highest BCUT2D eigenvalue weighted by Gasteiger charge is 2.38. The van der Waals surface area contributed by atoms with Crippen molar-refractivity contribution in [1.82, 2.24) is 15.5 Å². The molecule has 10 heteroatoms. The molecule has 2 unspecified atom stereocenters. The Labute approximate surface area is 223 Å². The normalized spacial score (nSPS) is 12.4. The van der Waals surface area contributed by atoms with Gasteiger partial charge in [0.1, 0.15) is 24.2 Å². The molecule has 0 fully saturated rings. The van der Waals surface area contributed by atoms with Crippen LogP contribution in [-0.2, 0) is 25.7 Å². The van der Waals surface area contributed by atoms with Crippen molar-refractivity contribution in [3.63, 3.8) is 0 Å². The average Bonchev–Trinajstić information content (AvgIpc) is 2.82. The van der Waals surface area contributed by atoms with Crippen molar-refractivity contribution in [2.45, 2.75) is 65.3 Å². The van der Waals surface area contributed by atoms with Crippen LogP contribution < -0.4 is 16.4 Å². The molecular formula is C28H35N5O5. The van der Waals surface area contributed by atoms with E-state index < -0.39 is 54.5 Å². The second kappa shape index (κ2) is 13.2. The molecule has 0 aromatic heterocycles. The number of nitriles is 1. The van der Waals surface area contributed by atoms with E-state index in [1.165, 1.54) is 0 Å². The number of amides is 4. The number of benzene rings is 2. The fourth-order valence-corrected chi connectivity index (χ4v) is 3.99. The lowest BCUT2D eigenvalue weighted by Gasteiger charge is -2.34. The molecule has 0 bridgehead atoms. The minimum absolute atomic E-state index is 0.191. The van der Waals surface area contributed by atoms with Crippen molar-refractivity contribution in [2.75, 3.05) is 6.54 Å². The van der Waals surface area contributed by atoms with Crippen LogP contribution >= 0.6 is 0 Å². The van der Waals surface area contributed by atoms with Crippen LogP contribution in [0.1, 0.15) is 55.5 Å². The van der Waals surface area contributed by atoms with Gasteiger partial charge >= 0.3 is 6.09 Å². The summed E-state index contributed by atoms with van der Waals surface area (Å²) < 4.78 is 5.24. The first kappa shape index (κ1) is 29.8. The fraction of sp³-hybridized carbons (Fsp3) is 0.393. The molecule has 0 aliphatic heterocycles. The number of nitrogens with one attached hydrogen (secondary N) is 2. The van der Waals surface area contributed by atoms with E-state index in [1.54, 1.807) is 46.8 Å². The monoisotopic (exact) mass is 521 g/mol. The van der Waals surface area contributed by atoms with Crippen molar-refractivity contribution in [3.05, 3.63) is 70.8 Å². The van der Waals surface area contributed by atoms with Gasteiger partial charge in [-0.05, 0) is 56.9 Å². The summed E-state index contributed by atoms with van der Waals surface area (Å²) in [5, 5.41) is 14.9. The quantitative estimate of drug-likeness (QED) is 0.409. The van der Waals surface area contributed by atoms with Crippen LogP contribution in [0.25, 0.3) is 0 Å². The number of hydrogen-bond donors (Lipinski definition) is 3. The first-order valence-corrected chi connectivity index (χ1v) is 12.2. The third-order valence-electron chi connectivity index (χ3n) is 5.60. The van der Waals surface area contributed by atoms with Gasteiger partial charge in [-0.1, -0.05) is 48.5 Å². The zero-order valence-electron chi connectivity index (χ0n) is 22.4. The summed E-state index contributed by atoms with van der Waals surface area (Å²) in [6.07, 6.45) is -1.49. The summed E-state index contributed by atoms with van der Waals surface area (Å²) in [5.41, 5.74) is 7.34. The van der Waals surface area contributed by atoms with Gasteiger partial charge in [-0.3, -0.25) is 14.4 Å². The van der Waals surface area contributed by atoms with Crippen LogP contribution in [0.3, 0.4) is 0 Å². The molecule has 2 aromatic rings. The number of primary amides is 1. The molecule has 0 aliphatic carbocycles. The molecule has 4 N–H and O–H groups in total. The van der Waals surface area contributed by atoms with Crippen LogP contribution in [0.2, 0.25) is 0 Å². The minimum Gasteiger partial charge on any atom is -0.444 e. The minimum atomic E-state index is -1.45. The Morgan fingerprint density at radius 1 is 1.03 bits per heavy atom. The SMILES string of the molecule is Cc1cccc(C)c1C(C(=O)NCc1ccccc1)N(CC#N)C(=O)C(CC(N)=O)NC(=O)OC(C)(C)C. The molecule has 2 rings (SSSR count). The molecule has 0 aliphatic rings. The van der Waals surface area contributed by atoms with Crippen molar-refractivity contribution < 1.29 is 23.9 Å². The maximum Gasteiger partial charge on any atom is 0.408 e. The highest BCUT2D eigenvalue weighted by molar-refractivity contribution is 5.95. The van der Waals surface area contributed by atoms with Gasteiger partial charge in [0.15, 0.2) is 0 Å². The second-order valence-corrected chi connectivity index (χ2v) is 9.90. The number of rotatable bonds is 10. The van der Waals surface area contributed by atoms with E-state index in [0.29, 0.717) is 5.56 Å². The number of carbonyl (C=O) groups is 4. The van der Waals surface area contributed by atoms with Crippen LogP contribution in [-0.4, -0.2) is 46.9 Å². The maximum absolute atomic E-state index is 13.8. The Morgan fingerprint density at radius 3 is 2.16 bits per heavy atom. The number of ether oxygens (including phenoxy) is 1. The van der Waals surface area contributed by atoms with Crippen molar-refractivity contribution in [1.29, 1.82) is 5.26 Å². The zero-order valence-corrected chi connectivity index (χ0v) is 22.4. The molecule has 0 saturated carbocycles. The van der Waals surface area contributed by atoms with Crippen LogP contribution in [0.5, 0.6) is 0 Å². The molecular weight excluding hydrogens is 486 g/mol. The van der Waals surface area contributed by atoms with Gasteiger partial charge in [0.2, 0.25) is 17.7 Å². The van der Waals surface area contributed by atoms with E-state index in [1.807, 2.05) is 42.5 Å². The summed E-state index contributed by atoms with van der Waals surface area (Å²) in [4.78, 5) is 52.8. The van der Waals surface area contributed by atoms with Gasteiger partial charge in [0, 0.05) is 6.54 Å². The summed E-state index contributed by atoms with van der Waals surface area (Å²) in [5.74, 6) is -2.20. The number of nitrogens with zero attached hydrogens (tertiary/aromatic N) is 2. The molecule has 0 radical (unpaired) electrons. The summed E-state index contributed by atoms with van der Waals surface area (Å²) in [7, 11) is 0. The second-order valence-electron chi connectivity index (χ2n) is 9.90. The lowest BCUT2D eigenvalue weighted by atomic mass is 9.93. The number of alkyl carbamates (subject to hydrolysis) is 1. The molecule has 2 atom stereocenters. The highest BCUT2D eigenvalue weighted by Crippen LogP contribution is 2.29. The summed E-state index contributed by atoms with van der Waals surface area (Å²) in [6, 6.07) is 13.9. The van der Waals surface area contributed by atoms with Gasteiger partial charge < -0.3 is 26.0 Å². The molecule has 10 nitrogen and oxygen atoms in total. The average molecular weight is 522 g/mol. The molecule has 0 spiro atoms. The predicted molar refractivity (Wildman–Crippen MR) is 141 cm³/mol. The van der Waals surface area contributed by atoms with Gasteiger partial charge in [-0.15, -0.1) is 0 Å². The Kier molecular flexibility index (Phi) is 10.4. The number of carbonyl (C=O) groups excluding carboxylic acids is 4. The van der Waals surface area contributed by atoms with Crippen LogP contribution in [0.15, 0.2) is 48.5 Å². The zero-order chi connectivity index (χ0) is 28.5. The summed E-state index contributed by atoms with van der Waals surface area (Å²) in [6.45, 7) is 8.25. The highest BCUT2D eigenvalue weighted by atomic mass is 16.6. The first-order valence-electron chi connectivity index (χ1n) is 12.2. The molecule has 4 amide bonds. The number of hydrogen-bond acceptors (Lipinski definition) is 6. The van der Waals surface area contributed by atoms with Gasteiger partial charge in [-0.2, -0.15) is 5.26 Å². The van der Waals surface area contributed by atoms with E-state index in [4.69, 9.17) is 10.5 Å². The van der Waals surface area contributed by atoms with Crippen LogP contribution in [0.4, 0.5) is 4.79 Å². The Bertz CT molecular complexity index is 1180. The topological polar surface area (TPSA) is 155 Å². The van der Waals surface area contributed by atoms with E-state index in [9.17, 15) is 24.4 Å². The molecule has 2 aromatic carbocycles. The third kappa shape index (κ3) is 8.62. The van der Waals surface area contributed by atoms with Crippen LogP contribution in [0, 0.1) is 25.2 Å². The molecule has 0 heterocycles. The van der Waals surface area contributed by atoms with E-state index in [2.05, 4.69) is 10.6 Å². The standard InChI is InChI=1S/C28H35N5O5/c1-18-10-9-11-19(2)23(18)24(25(35)31-17-20-12-7-6-8-13-20)33(15-14-29)26(36)21(16-22(30)34)32-27(37)38-28(3,4)5/h6-13,21,24H,15-17H2,1-5H3,(H2,30,34)(H,31,35)(H,32,37). The van der Waals surface area contributed by atoms with E-state index >= 15 is 0 Å². The molecule has 38 heavy (non-hydrogen) atoms.